The van der Waals surface area contributed by atoms with E-state index in [1.807, 2.05) is 30.3 Å². The molecule has 0 saturated carbocycles. The van der Waals surface area contributed by atoms with Gasteiger partial charge in [0, 0.05) is 24.6 Å². The van der Waals surface area contributed by atoms with Gasteiger partial charge in [0.1, 0.15) is 0 Å². The van der Waals surface area contributed by atoms with Crippen LogP contribution in [0.3, 0.4) is 0 Å². The average molecular weight is 292 g/mol. The van der Waals surface area contributed by atoms with E-state index in [9.17, 15) is 13.2 Å². The van der Waals surface area contributed by atoms with Crippen LogP contribution in [0.4, 0.5) is 0 Å². The predicted octanol–water partition coefficient (Wildman–Crippen LogP) is 0.318. The molecular weight excluding hydrogens is 276 g/mol. The molecule has 20 heavy (non-hydrogen) atoms. The van der Waals surface area contributed by atoms with Gasteiger partial charge in [0.15, 0.2) is 0 Å². The summed E-state index contributed by atoms with van der Waals surface area (Å²) in [6.07, 6.45) is 1.12. The van der Waals surface area contributed by atoms with Crippen LogP contribution in [0, 0.1) is 11.8 Å². The highest BCUT2D eigenvalue weighted by Gasteiger charge is 2.29. The number of rotatable bonds is 1. The summed E-state index contributed by atoms with van der Waals surface area (Å²) in [5, 5.41) is 4.45. The second kappa shape index (κ2) is 6.07. The Labute approximate surface area is 118 Å². The van der Waals surface area contributed by atoms with Crippen LogP contribution in [0.25, 0.3) is 0 Å². The van der Waals surface area contributed by atoms with Crippen molar-refractivity contribution in [2.45, 2.75) is 18.1 Å². The molecule has 2 rings (SSSR count). The maximum absolute atomic E-state index is 12.0. The zero-order valence-electron chi connectivity index (χ0n) is 11.0. The molecule has 1 heterocycles. The van der Waals surface area contributed by atoms with E-state index in [1.165, 1.54) is 4.90 Å². The molecule has 1 aliphatic rings. The molecule has 1 unspecified atom stereocenters. The first-order valence-electron chi connectivity index (χ1n) is 6.34. The summed E-state index contributed by atoms with van der Waals surface area (Å²) in [6.45, 7) is 0.648. The Morgan fingerprint density at radius 2 is 2.00 bits per heavy atom. The summed E-state index contributed by atoms with van der Waals surface area (Å²) in [7, 11) is -3.60. The molecule has 0 radical (unpaired) electrons. The summed E-state index contributed by atoms with van der Waals surface area (Å²) in [5.74, 6) is 4.96. The molecule has 0 aliphatic carbocycles. The third-order valence-electron chi connectivity index (χ3n) is 3.22. The number of nitrogens with zero attached hydrogens (tertiary/aromatic N) is 1. The fourth-order valence-corrected chi connectivity index (χ4v) is 3.00. The standard InChI is InChI=1S/C14H16N2O3S/c15-20(18,19)13-7-4-10-16(11-13)14(17)9-8-12-5-2-1-3-6-12/h1-3,5-6,13H,4,7,10-11H2,(H2,15,18,19). The van der Waals surface area contributed by atoms with Crippen LogP contribution in [-0.2, 0) is 14.8 Å². The summed E-state index contributed by atoms with van der Waals surface area (Å²) in [5.41, 5.74) is 0.751. The number of piperidine rings is 1. The molecule has 6 heteroatoms. The summed E-state index contributed by atoms with van der Waals surface area (Å²) < 4.78 is 22.7. The van der Waals surface area contributed by atoms with E-state index in [0.717, 1.165) is 5.56 Å². The number of sulfonamides is 1. The Hall–Kier alpha value is -1.84. The van der Waals surface area contributed by atoms with Crippen molar-refractivity contribution in [1.29, 1.82) is 0 Å². The lowest BCUT2D eigenvalue weighted by molar-refractivity contribution is -0.125. The Morgan fingerprint density at radius 3 is 2.65 bits per heavy atom. The maximum atomic E-state index is 12.0. The van der Waals surface area contributed by atoms with Crippen molar-refractivity contribution < 1.29 is 13.2 Å². The predicted molar refractivity (Wildman–Crippen MR) is 76.0 cm³/mol. The molecule has 1 saturated heterocycles. The lowest BCUT2D eigenvalue weighted by atomic mass is 10.1. The van der Waals surface area contributed by atoms with Gasteiger partial charge in [-0.05, 0) is 25.0 Å². The monoisotopic (exact) mass is 292 g/mol. The highest BCUT2D eigenvalue weighted by Crippen LogP contribution is 2.15. The van der Waals surface area contributed by atoms with Crippen LogP contribution in [0.5, 0.6) is 0 Å². The van der Waals surface area contributed by atoms with Crippen LogP contribution in [0.2, 0.25) is 0 Å². The van der Waals surface area contributed by atoms with Crippen LogP contribution >= 0.6 is 0 Å². The minimum Gasteiger partial charge on any atom is -0.331 e. The number of carbonyl (C=O) groups excluding carboxylic acids is 1. The third kappa shape index (κ3) is 3.83. The van der Waals surface area contributed by atoms with E-state index in [4.69, 9.17) is 5.14 Å². The number of carbonyl (C=O) groups is 1. The van der Waals surface area contributed by atoms with Gasteiger partial charge in [-0.15, -0.1) is 0 Å². The Kier molecular flexibility index (Phi) is 4.42. The number of benzene rings is 1. The highest BCUT2D eigenvalue weighted by molar-refractivity contribution is 7.89. The first kappa shape index (κ1) is 14.6. The van der Waals surface area contributed by atoms with Crippen LogP contribution in [0.1, 0.15) is 18.4 Å². The molecule has 0 bridgehead atoms. The minimum absolute atomic E-state index is 0.126. The van der Waals surface area contributed by atoms with Gasteiger partial charge in [-0.25, -0.2) is 13.6 Å². The van der Waals surface area contributed by atoms with Crippen molar-refractivity contribution in [2.24, 2.45) is 5.14 Å². The van der Waals surface area contributed by atoms with Crippen molar-refractivity contribution in [3.63, 3.8) is 0 Å². The smallest absolute Gasteiger partial charge is 0.298 e. The molecule has 0 aromatic heterocycles. The van der Waals surface area contributed by atoms with Gasteiger partial charge in [-0.2, -0.15) is 0 Å². The largest absolute Gasteiger partial charge is 0.331 e. The summed E-state index contributed by atoms with van der Waals surface area (Å²) in [4.78, 5) is 13.4. The second-order valence-electron chi connectivity index (χ2n) is 4.72. The molecule has 1 aliphatic heterocycles. The topological polar surface area (TPSA) is 80.5 Å². The second-order valence-corrected chi connectivity index (χ2v) is 6.57. The molecular formula is C14H16N2O3S. The zero-order valence-corrected chi connectivity index (χ0v) is 11.8. The Morgan fingerprint density at radius 1 is 1.30 bits per heavy atom. The Bertz CT molecular complexity index is 644. The Balaban J connectivity index is 2.05. The number of hydrogen-bond acceptors (Lipinski definition) is 3. The fourth-order valence-electron chi connectivity index (χ4n) is 2.12. The van der Waals surface area contributed by atoms with E-state index in [2.05, 4.69) is 11.8 Å². The summed E-state index contributed by atoms with van der Waals surface area (Å²) in [6, 6.07) is 9.17. The minimum atomic E-state index is -3.60. The normalized spacial score (nSPS) is 19.1. The lowest BCUT2D eigenvalue weighted by Gasteiger charge is -2.29. The number of nitrogens with two attached hydrogens (primary N) is 1. The van der Waals surface area contributed by atoms with Crippen LogP contribution < -0.4 is 5.14 Å². The average Bonchev–Trinajstić information content (AvgIpc) is 2.45. The molecule has 1 atom stereocenters. The first-order chi connectivity index (χ1) is 9.47. The van der Waals surface area contributed by atoms with Crippen LogP contribution in [0.15, 0.2) is 30.3 Å². The molecule has 1 fully saturated rings. The first-order valence-corrected chi connectivity index (χ1v) is 7.95. The van der Waals surface area contributed by atoms with Gasteiger partial charge < -0.3 is 4.90 Å². The van der Waals surface area contributed by atoms with Gasteiger partial charge >= 0.3 is 0 Å². The maximum Gasteiger partial charge on any atom is 0.298 e. The number of hydrogen-bond donors (Lipinski definition) is 1. The SMILES string of the molecule is NS(=O)(=O)C1CCCN(C(=O)C#Cc2ccccc2)C1. The molecule has 2 N–H and O–H groups in total. The molecule has 1 aromatic carbocycles. The fraction of sp³-hybridized carbons (Fsp3) is 0.357. The zero-order chi connectivity index (χ0) is 14.6. The summed E-state index contributed by atoms with van der Waals surface area (Å²) >= 11 is 0. The van der Waals surface area contributed by atoms with E-state index < -0.39 is 15.3 Å². The van der Waals surface area contributed by atoms with E-state index in [-0.39, 0.29) is 12.5 Å². The number of primary sulfonamides is 1. The molecule has 1 amide bonds. The van der Waals surface area contributed by atoms with Gasteiger partial charge in [-0.3, -0.25) is 4.79 Å². The number of likely N-dealkylation sites (tertiary alicyclic amines) is 1. The molecule has 106 valence electrons. The van der Waals surface area contributed by atoms with Gasteiger partial charge in [0.05, 0.1) is 5.25 Å². The van der Waals surface area contributed by atoms with E-state index in [1.54, 1.807) is 0 Å². The van der Waals surface area contributed by atoms with E-state index >= 15 is 0 Å². The molecule has 5 nitrogen and oxygen atoms in total. The third-order valence-corrected chi connectivity index (χ3v) is 4.53. The van der Waals surface area contributed by atoms with Crippen molar-refractivity contribution in [3.8, 4) is 11.8 Å². The van der Waals surface area contributed by atoms with Gasteiger partial charge in [-0.1, -0.05) is 24.1 Å². The molecule has 1 aromatic rings. The van der Waals surface area contributed by atoms with Crippen molar-refractivity contribution >= 4 is 15.9 Å². The van der Waals surface area contributed by atoms with Crippen LogP contribution in [-0.4, -0.2) is 37.6 Å². The number of amides is 1. The molecule has 0 spiro atoms. The van der Waals surface area contributed by atoms with Crippen molar-refractivity contribution in [1.82, 2.24) is 4.90 Å². The lowest BCUT2D eigenvalue weighted by Crippen LogP contribution is -2.46. The van der Waals surface area contributed by atoms with Gasteiger partial charge in [0.2, 0.25) is 10.0 Å². The van der Waals surface area contributed by atoms with Crippen molar-refractivity contribution in [3.05, 3.63) is 35.9 Å². The quantitative estimate of drug-likeness (QED) is 0.757. The van der Waals surface area contributed by atoms with E-state index in [0.29, 0.717) is 19.4 Å². The highest BCUT2D eigenvalue weighted by atomic mass is 32.2. The van der Waals surface area contributed by atoms with Gasteiger partial charge in [0.25, 0.3) is 5.91 Å². The van der Waals surface area contributed by atoms with Crippen molar-refractivity contribution in [2.75, 3.05) is 13.1 Å².